The lowest BCUT2D eigenvalue weighted by atomic mass is 10.2. The first-order valence-corrected chi connectivity index (χ1v) is 12.2. The van der Waals surface area contributed by atoms with Gasteiger partial charge in [0.25, 0.3) is 5.91 Å². The van der Waals surface area contributed by atoms with Crippen LogP contribution in [0.3, 0.4) is 0 Å². The number of hydrogen-bond donors (Lipinski definition) is 0. The summed E-state index contributed by atoms with van der Waals surface area (Å²) in [6, 6.07) is 13.5. The van der Waals surface area contributed by atoms with Crippen molar-refractivity contribution in [2.45, 2.75) is 20.8 Å². The first kappa shape index (κ1) is 25.1. The maximum absolute atomic E-state index is 12.4. The average molecular weight is 488 g/mol. The van der Waals surface area contributed by atoms with E-state index in [1.54, 1.807) is 4.90 Å². The van der Waals surface area contributed by atoms with Crippen LogP contribution >= 0.6 is 24.0 Å². The summed E-state index contributed by atoms with van der Waals surface area (Å²) in [5.74, 6) is 2.04. The van der Waals surface area contributed by atoms with Crippen LogP contribution < -0.4 is 14.2 Å². The zero-order valence-electron chi connectivity index (χ0n) is 19.2. The maximum atomic E-state index is 12.4. The molecule has 1 saturated heterocycles. The van der Waals surface area contributed by atoms with Crippen molar-refractivity contribution in [3.63, 3.8) is 0 Å². The minimum atomic E-state index is -0.0608. The molecule has 1 fully saturated rings. The largest absolute Gasteiger partial charge is 0.491 e. The number of ether oxygens (including phenoxy) is 4. The van der Waals surface area contributed by atoms with E-state index in [0.29, 0.717) is 60.3 Å². The van der Waals surface area contributed by atoms with Crippen molar-refractivity contribution >= 4 is 40.3 Å². The predicted octanol–water partition coefficient (Wildman–Crippen LogP) is 5.09. The predicted molar refractivity (Wildman–Crippen MR) is 136 cm³/mol. The van der Waals surface area contributed by atoms with E-state index in [9.17, 15) is 4.79 Å². The highest BCUT2D eigenvalue weighted by atomic mass is 32.2. The molecule has 1 amide bonds. The molecule has 3 rings (SSSR count). The van der Waals surface area contributed by atoms with Gasteiger partial charge in [-0.1, -0.05) is 42.2 Å². The number of nitrogens with zero attached hydrogens (tertiary/aromatic N) is 1. The van der Waals surface area contributed by atoms with E-state index in [-0.39, 0.29) is 5.91 Å². The number of rotatable bonds is 12. The standard InChI is InChI=1S/C25H29NO5S2/c1-4-26-24(27)23(33-25(26)32)17-19-9-10-21(22(16-19)29-5-2)31-14-12-28-11-13-30-20-8-6-7-18(3)15-20/h6-10,15-17H,4-5,11-14H2,1-3H3. The van der Waals surface area contributed by atoms with Gasteiger partial charge < -0.3 is 18.9 Å². The summed E-state index contributed by atoms with van der Waals surface area (Å²) in [5.41, 5.74) is 2.01. The Morgan fingerprint density at radius 1 is 0.970 bits per heavy atom. The van der Waals surface area contributed by atoms with Gasteiger partial charge in [0.05, 0.1) is 24.7 Å². The molecular formula is C25H29NO5S2. The van der Waals surface area contributed by atoms with E-state index in [1.165, 1.54) is 11.8 Å². The Morgan fingerprint density at radius 2 is 1.76 bits per heavy atom. The zero-order valence-corrected chi connectivity index (χ0v) is 20.8. The minimum absolute atomic E-state index is 0.0608. The number of amides is 1. The normalized spacial score (nSPS) is 14.8. The van der Waals surface area contributed by atoms with Crippen LogP contribution in [0.15, 0.2) is 47.4 Å². The molecule has 8 heteroatoms. The molecule has 176 valence electrons. The third-order valence-corrected chi connectivity index (χ3v) is 6.10. The van der Waals surface area contributed by atoms with Crippen molar-refractivity contribution in [2.75, 3.05) is 39.6 Å². The smallest absolute Gasteiger partial charge is 0.266 e. The van der Waals surface area contributed by atoms with Crippen LogP contribution in [0, 0.1) is 6.92 Å². The average Bonchev–Trinajstić information content (AvgIpc) is 3.06. The van der Waals surface area contributed by atoms with Crippen molar-refractivity contribution < 1.29 is 23.7 Å². The van der Waals surface area contributed by atoms with Gasteiger partial charge in [-0.3, -0.25) is 9.69 Å². The molecule has 0 N–H and O–H groups in total. The lowest BCUT2D eigenvalue weighted by molar-refractivity contribution is -0.121. The van der Waals surface area contributed by atoms with Gasteiger partial charge in [-0.05, 0) is 62.2 Å². The maximum Gasteiger partial charge on any atom is 0.266 e. The Morgan fingerprint density at radius 3 is 2.45 bits per heavy atom. The highest BCUT2D eigenvalue weighted by Gasteiger charge is 2.30. The molecule has 6 nitrogen and oxygen atoms in total. The van der Waals surface area contributed by atoms with E-state index < -0.39 is 0 Å². The molecule has 0 bridgehead atoms. The quantitative estimate of drug-likeness (QED) is 0.235. The SMILES string of the molecule is CCOc1cc(C=C2SC(=S)N(CC)C2=O)ccc1OCCOCCOc1cccc(C)c1. The topological polar surface area (TPSA) is 57.2 Å². The lowest BCUT2D eigenvalue weighted by Crippen LogP contribution is -2.27. The molecule has 0 atom stereocenters. The second kappa shape index (κ2) is 12.6. The first-order valence-electron chi connectivity index (χ1n) is 10.9. The summed E-state index contributed by atoms with van der Waals surface area (Å²) < 4.78 is 23.5. The van der Waals surface area contributed by atoms with Crippen LogP contribution in [-0.4, -0.2) is 54.7 Å². The van der Waals surface area contributed by atoms with Crippen LogP contribution in [0.2, 0.25) is 0 Å². The molecule has 0 aliphatic carbocycles. The van der Waals surface area contributed by atoms with Crippen molar-refractivity contribution in [1.82, 2.24) is 4.90 Å². The zero-order chi connectivity index (χ0) is 23.6. The number of benzene rings is 2. The third-order valence-electron chi connectivity index (χ3n) is 4.73. The van der Waals surface area contributed by atoms with E-state index in [4.69, 9.17) is 31.2 Å². The summed E-state index contributed by atoms with van der Waals surface area (Å²) in [7, 11) is 0. The van der Waals surface area contributed by atoms with Crippen LogP contribution in [-0.2, 0) is 9.53 Å². The second-order valence-electron chi connectivity index (χ2n) is 7.19. The third kappa shape index (κ3) is 7.22. The fraction of sp³-hybridized carbons (Fsp3) is 0.360. The molecule has 1 aliphatic heterocycles. The molecular weight excluding hydrogens is 458 g/mol. The summed E-state index contributed by atoms with van der Waals surface area (Å²) in [6.07, 6.45) is 1.83. The molecule has 0 unspecified atom stereocenters. The Labute approximate surface area is 204 Å². The van der Waals surface area contributed by atoms with Gasteiger partial charge in [0.2, 0.25) is 0 Å². The molecule has 1 heterocycles. The lowest BCUT2D eigenvalue weighted by Gasteiger charge is -2.13. The van der Waals surface area contributed by atoms with Crippen molar-refractivity contribution in [1.29, 1.82) is 0 Å². The van der Waals surface area contributed by atoms with Crippen LogP contribution in [0.5, 0.6) is 17.2 Å². The van der Waals surface area contributed by atoms with E-state index in [2.05, 4.69) is 0 Å². The Hall–Kier alpha value is -2.55. The molecule has 0 aromatic heterocycles. The Balaban J connectivity index is 1.48. The fourth-order valence-electron chi connectivity index (χ4n) is 3.16. The monoisotopic (exact) mass is 487 g/mol. The number of hydrogen-bond acceptors (Lipinski definition) is 7. The molecule has 0 spiro atoms. The first-order chi connectivity index (χ1) is 16.0. The Kier molecular flexibility index (Phi) is 9.60. The molecule has 33 heavy (non-hydrogen) atoms. The summed E-state index contributed by atoms with van der Waals surface area (Å²) in [6.45, 7) is 8.71. The van der Waals surface area contributed by atoms with Crippen molar-refractivity contribution in [2.24, 2.45) is 0 Å². The number of carbonyl (C=O) groups excluding carboxylic acids is 1. The number of thiocarbonyl (C=S) groups is 1. The van der Waals surface area contributed by atoms with Gasteiger partial charge in [-0.25, -0.2) is 0 Å². The highest BCUT2D eigenvalue weighted by Crippen LogP contribution is 2.34. The van der Waals surface area contributed by atoms with Crippen LogP contribution in [0.1, 0.15) is 25.0 Å². The Bertz CT molecular complexity index is 1010. The van der Waals surface area contributed by atoms with Gasteiger partial charge in [-0.15, -0.1) is 0 Å². The van der Waals surface area contributed by atoms with Gasteiger partial charge in [-0.2, -0.15) is 0 Å². The van der Waals surface area contributed by atoms with Gasteiger partial charge in [0.15, 0.2) is 11.5 Å². The number of carbonyl (C=O) groups is 1. The van der Waals surface area contributed by atoms with E-state index >= 15 is 0 Å². The second-order valence-corrected chi connectivity index (χ2v) is 8.87. The molecule has 2 aromatic rings. The van der Waals surface area contributed by atoms with Crippen LogP contribution in [0.4, 0.5) is 0 Å². The van der Waals surface area contributed by atoms with E-state index in [0.717, 1.165) is 16.9 Å². The number of thioether (sulfide) groups is 1. The van der Waals surface area contributed by atoms with Crippen LogP contribution in [0.25, 0.3) is 6.08 Å². The molecule has 2 aromatic carbocycles. The van der Waals surface area contributed by atoms with Gasteiger partial charge in [0, 0.05) is 6.54 Å². The minimum Gasteiger partial charge on any atom is -0.491 e. The highest BCUT2D eigenvalue weighted by molar-refractivity contribution is 8.26. The molecule has 0 saturated carbocycles. The summed E-state index contributed by atoms with van der Waals surface area (Å²) in [5, 5.41) is 0. The van der Waals surface area contributed by atoms with Crippen molar-refractivity contribution in [3.05, 3.63) is 58.5 Å². The summed E-state index contributed by atoms with van der Waals surface area (Å²) >= 11 is 6.59. The number of likely N-dealkylation sites (N-methyl/N-ethyl adjacent to an activating group) is 1. The molecule has 0 radical (unpaired) electrons. The van der Waals surface area contributed by atoms with Gasteiger partial charge in [0.1, 0.15) is 23.3 Å². The summed E-state index contributed by atoms with van der Waals surface area (Å²) in [4.78, 5) is 14.7. The van der Waals surface area contributed by atoms with Crippen molar-refractivity contribution in [3.8, 4) is 17.2 Å². The van der Waals surface area contributed by atoms with E-state index in [1.807, 2.05) is 69.3 Å². The van der Waals surface area contributed by atoms with Gasteiger partial charge >= 0.3 is 0 Å². The number of aryl methyl sites for hydroxylation is 1. The molecule has 1 aliphatic rings. The fourth-order valence-corrected chi connectivity index (χ4v) is 4.55.